The first-order valence-corrected chi connectivity index (χ1v) is 8.12. The molecule has 2 atom stereocenters. The van der Waals surface area contributed by atoms with Gasteiger partial charge in [0.25, 0.3) is 0 Å². The highest BCUT2D eigenvalue weighted by molar-refractivity contribution is 8.00. The van der Waals surface area contributed by atoms with Crippen LogP contribution >= 0.6 is 11.8 Å². The second kappa shape index (κ2) is 7.93. The summed E-state index contributed by atoms with van der Waals surface area (Å²) in [5.41, 5.74) is 0.886. The van der Waals surface area contributed by atoms with E-state index in [-0.39, 0.29) is 6.42 Å². The average Bonchev–Trinajstić information content (AvgIpc) is 2.99. The Labute approximate surface area is 128 Å². The minimum Gasteiger partial charge on any atom is -0.480 e. The number of benzene rings is 1. The third-order valence-electron chi connectivity index (χ3n) is 3.40. The van der Waals surface area contributed by atoms with Crippen LogP contribution in [-0.2, 0) is 11.2 Å². The van der Waals surface area contributed by atoms with E-state index in [0.29, 0.717) is 11.8 Å². The van der Waals surface area contributed by atoms with Gasteiger partial charge in [0.1, 0.15) is 6.04 Å². The van der Waals surface area contributed by atoms with Crippen LogP contribution in [0, 0.1) is 0 Å². The molecular formula is C15H20N2O3S. The van der Waals surface area contributed by atoms with Crippen molar-refractivity contribution in [3.8, 4) is 0 Å². The zero-order valence-corrected chi connectivity index (χ0v) is 12.6. The lowest BCUT2D eigenvalue weighted by Crippen LogP contribution is -2.48. The Bertz CT molecular complexity index is 475. The smallest absolute Gasteiger partial charge is 0.326 e. The Morgan fingerprint density at radius 2 is 2.10 bits per heavy atom. The molecule has 5 nitrogen and oxygen atoms in total. The van der Waals surface area contributed by atoms with Crippen LogP contribution in [0.3, 0.4) is 0 Å². The molecule has 0 aromatic heterocycles. The molecule has 3 N–H and O–H groups in total. The summed E-state index contributed by atoms with van der Waals surface area (Å²) in [7, 11) is 0. The lowest BCUT2D eigenvalue weighted by Gasteiger charge is -2.16. The molecule has 0 aliphatic carbocycles. The highest BCUT2D eigenvalue weighted by Gasteiger charge is 2.21. The highest BCUT2D eigenvalue weighted by Crippen LogP contribution is 2.25. The normalized spacial score (nSPS) is 19.0. The van der Waals surface area contributed by atoms with Crippen molar-refractivity contribution in [2.75, 3.05) is 12.3 Å². The quantitative estimate of drug-likeness (QED) is 0.750. The van der Waals surface area contributed by atoms with Crippen molar-refractivity contribution in [1.29, 1.82) is 0 Å². The van der Waals surface area contributed by atoms with Gasteiger partial charge in [0, 0.05) is 18.2 Å². The zero-order chi connectivity index (χ0) is 15.1. The van der Waals surface area contributed by atoms with Crippen LogP contribution < -0.4 is 10.6 Å². The van der Waals surface area contributed by atoms with E-state index in [1.165, 1.54) is 6.42 Å². The maximum atomic E-state index is 11.8. The summed E-state index contributed by atoms with van der Waals surface area (Å²) in [6.45, 7) is 0.591. The van der Waals surface area contributed by atoms with Gasteiger partial charge < -0.3 is 15.7 Å². The molecule has 0 saturated carbocycles. The molecule has 2 rings (SSSR count). The van der Waals surface area contributed by atoms with Gasteiger partial charge in [-0.25, -0.2) is 9.59 Å². The molecule has 21 heavy (non-hydrogen) atoms. The molecule has 0 radical (unpaired) electrons. The number of aliphatic carboxylic acids is 1. The number of rotatable bonds is 6. The number of nitrogens with one attached hydrogen (secondary N) is 2. The van der Waals surface area contributed by atoms with Gasteiger partial charge in [-0.15, -0.1) is 0 Å². The summed E-state index contributed by atoms with van der Waals surface area (Å²) >= 11 is 1.85. The van der Waals surface area contributed by atoms with Gasteiger partial charge in [-0.3, -0.25) is 0 Å². The molecule has 1 saturated heterocycles. The number of hydrogen-bond acceptors (Lipinski definition) is 3. The van der Waals surface area contributed by atoms with Crippen molar-refractivity contribution in [2.45, 2.75) is 30.6 Å². The molecule has 1 aliphatic heterocycles. The van der Waals surface area contributed by atoms with Crippen LogP contribution in [0.1, 0.15) is 18.4 Å². The Morgan fingerprint density at radius 1 is 1.33 bits per heavy atom. The first-order valence-electron chi connectivity index (χ1n) is 7.08. The van der Waals surface area contributed by atoms with E-state index in [1.54, 1.807) is 0 Å². The number of carbonyl (C=O) groups is 2. The number of thioether (sulfide) groups is 1. The van der Waals surface area contributed by atoms with Crippen LogP contribution in [0.15, 0.2) is 30.3 Å². The molecule has 1 heterocycles. The predicted molar refractivity (Wildman–Crippen MR) is 83.6 cm³/mol. The van der Waals surface area contributed by atoms with Crippen LogP contribution in [0.4, 0.5) is 4.79 Å². The number of amides is 2. The molecule has 0 bridgehead atoms. The molecular weight excluding hydrogens is 288 g/mol. The maximum absolute atomic E-state index is 11.8. The van der Waals surface area contributed by atoms with Crippen molar-refractivity contribution in [3.63, 3.8) is 0 Å². The topological polar surface area (TPSA) is 78.4 Å². The fourth-order valence-electron chi connectivity index (χ4n) is 2.27. The third-order valence-corrected chi connectivity index (χ3v) is 4.80. The van der Waals surface area contributed by atoms with Crippen molar-refractivity contribution in [3.05, 3.63) is 35.9 Å². The van der Waals surface area contributed by atoms with E-state index in [0.717, 1.165) is 17.7 Å². The first kappa shape index (κ1) is 15.7. The lowest BCUT2D eigenvalue weighted by molar-refractivity contribution is -0.139. The van der Waals surface area contributed by atoms with Gasteiger partial charge in [-0.2, -0.15) is 11.8 Å². The van der Waals surface area contributed by atoms with E-state index >= 15 is 0 Å². The molecule has 1 aromatic rings. The maximum Gasteiger partial charge on any atom is 0.326 e. The SMILES string of the molecule is O=C(NCC1CCCS1)NC(Cc1ccccc1)C(=O)O. The Morgan fingerprint density at radius 3 is 2.71 bits per heavy atom. The predicted octanol–water partition coefficient (Wildman–Crippen LogP) is 1.88. The van der Waals surface area contributed by atoms with E-state index in [1.807, 2.05) is 42.1 Å². The van der Waals surface area contributed by atoms with Gasteiger partial charge in [0.15, 0.2) is 0 Å². The van der Waals surface area contributed by atoms with Crippen molar-refractivity contribution >= 4 is 23.8 Å². The average molecular weight is 308 g/mol. The number of carbonyl (C=O) groups excluding carboxylic acids is 1. The third kappa shape index (κ3) is 5.30. The first-order chi connectivity index (χ1) is 10.1. The molecule has 2 unspecified atom stereocenters. The fourth-order valence-corrected chi connectivity index (χ4v) is 3.47. The van der Waals surface area contributed by atoms with Crippen molar-refractivity contribution in [1.82, 2.24) is 10.6 Å². The van der Waals surface area contributed by atoms with Crippen LogP contribution in [0.2, 0.25) is 0 Å². The van der Waals surface area contributed by atoms with E-state index < -0.39 is 18.0 Å². The van der Waals surface area contributed by atoms with E-state index in [9.17, 15) is 14.7 Å². The number of carboxylic acid groups (broad SMARTS) is 1. The summed E-state index contributed by atoms with van der Waals surface area (Å²) in [4.78, 5) is 23.1. The molecule has 6 heteroatoms. The van der Waals surface area contributed by atoms with Crippen LogP contribution in [0.25, 0.3) is 0 Å². The summed E-state index contributed by atoms with van der Waals surface area (Å²) in [5, 5.41) is 15.0. The second-order valence-electron chi connectivity index (χ2n) is 5.07. The van der Waals surface area contributed by atoms with Crippen molar-refractivity contribution < 1.29 is 14.7 Å². The Balaban J connectivity index is 1.81. The largest absolute Gasteiger partial charge is 0.480 e. The van der Waals surface area contributed by atoms with Crippen LogP contribution in [-0.4, -0.2) is 40.7 Å². The van der Waals surface area contributed by atoms with Gasteiger partial charge in [-0.05, 0) is 24.2 Å². The van der Waals surface area contributed by atoms with Gasteiger partial charge in [-0.1, -0.05) is 30.3 Å². The van der Waals surface area contributed by atoms with Gasteiger partial charge >= 0.3 is 12.0 Å². The summed E-state index contributed by atoms with van der Waals surface area (Å²) in [5.74, 6) is 0.115. The molecule has 1 aromatic carbocycles. The minimum absolute atomic E-state index is 0.280. The summed E-state index contributed by atoms with van der Waals surface area (Å²) < 4.78 is 0. The monoisotopic (exact) mass is 308 g/mol. The molecule has 114 valence electrons. The Hall–Kier alpha value is -1.69. The van der Waals surface area contributed by atoms with Gasteiger partial charge in [0.05, 0.1) is 0 Å². The fraction of sp³-hybridized carbons (Fsp3) is 0.467. The Kier molecular flexibility index (Phi) is 5.92. The second-order valence-corrected chi connectivity index (χ2v) is 6.48. The van der Waals surface area contributed by atoms with E-state index in [4.69, 9.17) is 0 Å². The number of carboxylic acids is 1. The summed E-state index contributed by atoms with van der Waals surface area (Å²) in [6.07, 6.45) is 2.57. The number of urea groups is 1. The zero-order valence-electron chi connectivity index (χ0n) is 11.7. The molecule has 1 aliphatic rings. The molecule has 0 spiro atoms. The lowest BCUT2D eigenvalue weighted by atomic mass is 10.1. The molecule has 2 amide bonds. The summed E-state index contributed by atoms with van der Waals surface area (Å²) in [6, 6.07) is 7.96. The molecule has 1 fully saturated rings. The standard InChI is InChI=1S/C15H20N2O3S/c18-14(19)13(9-11-5-2-1-3-6-11)17-15(20)16-10-12-7-4-8-21-12/h1-3,5-6,12-13H,4,7-10H2,(H,18,19)(H2,16,17,20). The minimum atomic E-state index is -1.02. The van der Waals surface area contributed by atoms with E-state index in [2.05, 4.69) is 10.6 Å². The van der Waals surface area contributed by atoms with Crippen LogP contribution in [0.5, 0.6) is 0 Å². The number of hydrogen-bond donors (Lipinski definition) is 3. The van der Waals surface area contributed by atoms with Crippen molar-refractivity contribution in [2.24, 2.45) is 0 Å². The highest BCUT2D eigenvalue weighted by atomic mass is 32.2. The van der Waals surface area contributed by atoms with Gasteiger partial charge in [0.2, 0.25) is 0 Å².